The molecule has 3 rings (SSSR count). The van der Waals surface area contributed by atoms with Crippen LogP contribution in [0.3, 0.4) is 0 Å². The molecule has 2 aliphatic carbocycles. The number of fused-ring (bicyclic) bond motifs is 2. The van der Waals surface area contributed by atoms with E-state index in [0.717, 1.165) is 36.5 Å². The molecule has 0 spiro atoms. The lowest BCUT2D eigenvalue weighted by molar-refractivity contribution is -0.127. The fourth-order valence-electron chi connectivity index (χ4n) is 4.25. The topological polar surface area (TPSA) is 68.0 Å². The summed E-state index contributed by atoms with van der Waals surface area (Å²) in [5.41, 5.74) is 7.41. The van der Waals surface area contributed by atoms with Gasteiger partial charge in [0.15, 0.2) is 0 Å². The number of carbonyl (C=O) groups is 1. The van der Waals surface area contributed by atoms with Crippen molar-refractivity contribution in [1.29, 1.82) is 0 Å². The van der Waals surface area contributed by atoms with E-state index in [1.165, 1.54) is 24.1 Å². The minimum absolute atomic E-state index is 0.180. The number of nitrogens with one attached hydrogen (secondary N) is 1. The first-order chi connectivity index (χ1) is 10.5. The van der Waals surface area contributed by atoms with Gasteiger partial charge in [-0.2, -0.15) is 0 Å². The molecule has 0 aliphatic heterocycles. The van der Waals surface area contributed by atoms with E-state index in [4.69, 9.17) is 5.73 Å². The molecule has 2 saturated carbocycles. The number of aromatic nitrogens is 1. The molecule has 3 N–H and O–H groups in total. The maximum atomic E-state index is 12.5. The van der Waals surface area contributed by atoms with Crippen molar-refractivity contribution in [3.05, 3.63) is 15.6 Å². The number of rotatable bonds is 4. The average Bonchev–Trinajstić information content (AvgIpc) is 2.76. The molecule has 1 amide bonds. The highest BCUT2D eigenvalue weighted by Gasteiger charge is 2.40. The summed E-state index contributed by atoms with van der Waals surface area (Å²) in [5.74, 6) is 1.55. The quantitative estimate of drug-likeness (QED) is 0.895. The van der Waals surface area contributed by atoms with Crippen molar-refractivity contribution in [3.8, 4) is 0 Å². The summed E-state index contributed by atoms with van der Waals surface area (Å²) in [6, 6.07) is 0.334. The Hall–Kier alpha value is -0.940. The zero-order chi connectivity index (χ0) is 15.7. The number of aryl methyl sites for hydroxylation is 2. The zero-order valence-corrected chi connectivity index (χ0v) is 14.4. The van der Waals surface area contributed by atoms with Gasteiger partial charge in [0.1, 0.15) is 0 Å². The molecule has 122 valence electrons. The molecule has 2 atom stereocenters. The Labute approximate surface area is 136 Å². The molecule has 0 aromatic carbocycles. The van der Waals surface area contributed by atoms with Crippen molar-refractivity contribution >= 4 is 17.2 Å². The Kier molecular flexibility index (Phi) is 4.83. The number of nitrogens with two attached hydrogens (primary N) is 1. The Morgan fingerprint density at radius 1 is 1.32 bits per heavy atom. The van der Waals surface area contributed by atoms with Crippen molar-refractivity contribution in [3.63, 3.8) is 0 Å². The standard InChI is InChI=1S/C17H27N3OS/c1-10-15(22-11(2)20-10)6-7-19-17(21)14-8-12-4-3-5-13(9-14)16(12)18/h12-14,16H,3-9,18H2,1-2H3,(H,19,21). The molecule has 1 aromatic rings. The molecular formula is C17H27N3OS. The van der Waals surface area contributed by atoms with Gasteiger partial charge in [0, 0.05) is 29.8 Å². The van der Waals surface area contributed by atoms with E-state index < -0.39 is 0 Å². The lowest BCUT2D eigenvalue weighted by Gasteiger charge is -2.43. The van der Waals surface area contributed by atoms with Crippen LogP contribution < -0.4 is 11.1 Å². The van der Waals surface area contributed by atoms with Crippen LogP contribution in [0, 0.1) is 31.6 Å². The number of hydrogen-bond acceptors (Lipinski definition) is 4. The summed E-state index contributed by atoms with van der Waals surface area (Å²) >= 11 is 1.74. The maximum absolute atomic E-state index is 12.5. The van der Waals surface area contributed by atoms with Crippen LogP contribution in [0.5, 0.6) is 0 Å². The Morgan fingerprint density at radius 2 is 2.00 bits per heavy atom. The van der Waals surface area contributed by atoms with Crippen LogP contribution in [-0.4, -0.2) is 23.5 Å². The van der Waals surface area contributed by atoms with Crippen molar-refractivity contribution in [2.75, 3.05) is 6.54 Å². The van der Waals surface area contributed by atoms with Crippen molar-refractivity contribution in [2.24, 2.45) is 23.5 Å². The molecule has 5 heteroatoms. The SMILES string of the molecule is Cc1nc(C)c(CCNC(=O)C2CC3CCCC(C2)C3N)s1. The number of amides is 1. The smallest absolute Gasteiger partial charge is 0.223 e. The van der Waals surface area contributed by atoms with E-state index in [0.29, 0.717) is 17.9 Å². The molecule has 1 aromatic heterocycles. The van der Waals surface area contributed by atoms with E-state index in [2.05, 4.69) is 10.3 Å². The van der Waals surface area contributed by atoms with Crippen LogP contribution in [0.1, 0.15) is 47.7 Å². The summed E-state index contributed by atoms with van der Waals surface area (Å²) in [6.07, 6.45) is 6.58. The molecule has 2 aliphatic rings. The second kappa shape index (κ2) is 6.67. The number of carbonyl (C=O) groups excluding carboxylic acids is 1. The van der Waals surface area contributed by atoms with Gasteiger partial charge in [-0.1, -0.05) is 6.42 Å². The van der Waals surface area contributed by atoms with Crippen LogP contribution in [0.4, 0.5) is 0 Å². The first-order valence-electron chi connectivity index (χ1n) is 8.50. The van der Waals surface area contributed by atoms with Crippen molar-refractivity contribution in [1.82, 2.24) is 10.3 Å². The summed E-state index contributed by atoms with van der Waals surface area (Å²) in [7, 11) is 0. The lowest BCUT2D eigenvalue weighted by Crippen LogP contribution is -2.49. The number of hydrogen-bond donors (Lipinski definition) is 2. The van der Waals surface area contributed by atoms with Gasteiger partial charge in [0.05, 0.1) is 10.7 Å². The molecule has 2 fully saturated rings. The van der Waals surface area contributed by atoms with Crippen LogP contribution in [0.2, 0.25) is 0 Å². The average molecular weight is 321 g/mol. The predicted molar refractivity (Wildman–Crippen MR) is 89.8 cm³/mol. The second-order valence-corrected chi connectivity index (χ2v) is 8.27. The fourth-order valence-corrected chi connectivity index (χ4v) is 5.19. The Morgan fingerprint density at radius 3 is 2.59 bits per heavy atom. The molecular weight excluding hydrogens is 294 g/mol. The van der Waals surface area contributed by atoms with Gasteiger partial charge in [-0.25, -0.2) is 4.98 Å². The maximum Gasteiger partial charge on any atom is 0.223 e. The zero-order valence-electron chi connectivity index (χ0n) is 13.6. The first-order valence-corrected chi connectivity index (χ1v) is 9.32. The van der Waals surface area contributed by atoms with E-state index in [9.17, 15) is 4.79 Å². The summed E-state index contributed by atoms with van der Waals surface area (Å²) in [6.45, 7) is 4.80. The van der Waals surface area contributed by atoms with Gasteiger partial charge >= 0.3 is 0 Å². The van der Waals surface area contributed by atoms with Crippen LogP contribution in [0.25, 0.3) is 0 Å². The Bertz CT molecular complexity index is 528. The highest BCUT2D eigenvalue weighted by molar-refractivity contribution is 7.11. The van der Waals surface area contributed by atoms with E-state index in [1.807, 2.05) is 13.8 Å². The third-order valence-electron chi connectivity index (χ3n) is 5.43. The molecule has 0 saturated heterocycles. The molecule has 2 unspecified atom stereocenters. The van der Waals surface area contributed by atoms with Crippen molar-refractivity contribution < 1.29 is 4.79 Å². The highest BCUT2D eigenvalue weighted by atomic mass is 32.1. The largest absolute Gasteiger partial charge is 0.355 e. The van der Waals surface area contributed by atoms with Gasteiger partial charge in [-0.15, -0.1) is 11.3 Å². The fraction of sp³-hybridized carbons (Fsp3) is 0.765. The van der Waals surface area contributed by atoms with Crippen LogP contribution >= 0.6 is 11.3 Å². The van der Waals surface area contributed by atoms with Gasteiger partial charge in [0.25, 0.3) is 0 Å². The van der Waals surface area contributed by atoms with Crippen LogP contribution in [0.15, 0.2) is 0 Å². The monoisotopic (exact) mass is 321 g/mol. The second-order valence-electron chi connectivity index (χ2n) is 6.98. The predicted octanol–water partition coefficient (Wildman–Crippen LogP) is 2.57. The van der Waals surface area contributed by atoms with Gasteiger partial charge in [-0.05, 0) is 51.4 Å². The highest BCUT2D eigenvalue weighted by Crippen LogP contribution is 2.41. The summed E-state index contributed by atoms with van der Waals surface area (Å²) in [4.78, 5) is 18.2. The van der Waals surface area contributed by atoms with Gasteiger partial charge in [-0.3, -0.25) is 4.79 Å². The van der Waals surface area contributed by atoms with E-state index in [1.54, 1.807) is 11.3 Å². The first kappa shape index (κ1) is 15.9. The third-order valence-corrected chi connectivity index (χ3v) is 6.57. The van der Waals surface area contributed by atoms with Gasteiger partial charge < -0.3 is 11.1 Å². The van der Waals surface area contributed by atoms with E-state index in [-0.39, 0.29) is 11.8 Å². The third kappa shape index (κ3) is 3.35. The minimum atomic E-state index is 0.180. The Balaban J connectivity index is 1.49. The minimum Gasteiger partial charge on any atom is -0.355 e. The summed E-state index contributed by atoms with van der Waals surface area (Å²) in [5, 5.41) is 4.25. The number of thiazole rings is 1. The molecule has 4 nitrogen and oxygen atoms in total. The molecule has 22 heavy (non-hydrogen) atoms. The van der Waals surface area contributed by atoms with Gasteiger partial charge in [0.2, 0.25) is 5.91 Å². The molecule has 0 radical (unpaired) electrons. The van der Waals surface area contributed by atoms with Crippen molar-refractivity contribution in [2.45, 2.75) is 58.4 Å². The van der Waals surface area contributed by atoms with E-state index >= 15 is 0 Å². The molecule has 1 heterocycles. The summed E-state index contributed by atoms with van der Waals surface area (Å²) < 4.78 is 0. The molecule has 2 bridgehead atoms. The normalized spacial score (nSPS) is 31.0. The number of nitrogens with zero attached hydrogens (tertiary/aromatic N) is 1. The van der Waals surface area contributed by atoms with Crippen LogP contribution in [-0.2, 0) is 11.2 Å². The lowest BCUT2D eigenvalue weighted by atomic mass is 9.65.